The van der Waals surface area contributed by atoms with E-state index >= 15 is 0 Å². The van der Waals surface area contributed by atoms with E-state index in [0.717, 1.165) is 12.8 Å². The van der Waals surface area contributed by atoms with Gasteiger partial charge in [-0.2, -0.15) is 5.10 Å². The summed E-state index contributed by atoms with van der Waals surface area (Å²) in [4.78, 5) is 28.2. The van der Waals surface area contributed by atoms with Gasteiger partial charge in [-0.1, -0.05) is 0 Å². The Hall–Kier alpha value is -3.36. The highest BCUT2D eigenvalue weighted by molar-refractivity contribution is 5.93. The van der Waals surface area contributed by atoms with Gasteiger partial charge in [0.2, 0.25) is 11.8 Å². The highest BCUT2D eigenvalue weighted by atomic mass is 19.3. The van der Waals surface area contributed by atoms with Gasteiger partial charge in [0.25, 0.3) is 6.43 Å². The second-order valence-corrected chi connectivity index (χ2v) is 7.46. The van der Waals surface area contributed by atoms with Gasteiger partial charge in [-0.3, -0.25) is 9.59 Å². The molecule has 2 heterocycles. The van der Waals surface area contributed by atoms with Crippen LogP contribution in [0.25, 0.3) is 11.0 Å². The fourth-order valence-electron chi connectivity index (χ4n) is 3.45. The van der Waals surface area contributed by atoms with E-state index in [9.17, 15) is 18.4 Å². The number of aryl methyl sites for hydroxylation is 1. The minimum absolute atomic E-state index is 0.0837. The van der Waals surface area contributed by atoms with Crippen LogP contribution in [0.4, 0.5) is 20.2 Å². The second-order valence-electron chi connectivity index (χ2n) is 7.46. The van der Waals surface area contributed by atoms with E-state index in [-0.39, 0.29) is 29.8 Å². The lowest BCUT2D eigenvalue weighted by atomic mass is 10.1. The monoisotopic (exact) mass is 413 g/mol. The SMILES string of the molecule is CC(=O)Nc1ccc(NC(=O)Cn2nc(C)c3c(C(F)F)cc(C4CC4)nc32)cc1. The molecule has 4 rings (SSSR count). The van der Waals surface area contributed by atoms with Gasteiger partial charge in [-0.15, -0.1) is 0 Å². The lowest BCUT2D eigenvalue weighted by Gasteiger charge is -2.09. The van der Waals surface area contributed by atoms with Gasteiger partial charge in [0.1, 0.15) is 6.54 Å². The predicted octanol–water partition coefficient (Wildman–Crippen LogP) is 4.15. The number of nitrogens with zero attached hydrogens (tertiary/aromatic N) is 3. The smallest absolute Gasteiger partial charge is 0.264 e. The molecule has 0 spiro atoms. The summed E-state index contributed by atoms with van der Waals surface area (Å²) in [6.45, 7) is 2.90. The first kappa shape index (κ1) is 19.9. The van der Waals surface area contributed by atoms with E-state index < -0.39 is 6.43 Å². The number of amides is 2. The minimum atomic E-state index is -2.64. The van der Waals surface area contributed by atoms with Gasteiger partial charge >= 0.3 is 0 Å². The van der Waals surface area contributed by atoms with Crippen molar-refractivity contribution >= 4 is 34.2 Å². The number of halogens is 2. The number of hydrogen-bond acceptors (Lipinski definition) is 4. The summed E-state index contributed by atoms with van der Waals surface area (Å²) >= 11 is 0. The molecular formula is C21H21F2N5O2. The first-order chi connectivity index (χ1) is 14.3. The molecular weight excluding hydrogens is 392 g/mol. The van der Waals surface area contributed by atoms with Crippen molar-refractivity contribution in [2.24, 2.45) is 0 Å². The number of nitrogens with one attached hydrogen (secondary N) is 2. The Morgan fingerprint density at radius 1 is 1.17 bits per heavy atom. The van der Waals surface area contributed by atoms with Crippen molar-refractivity contribution in [3.8, 4) is 0 Å². The van der Waals surface area contributed by atoms with Crippen LogP contribution in [-0.2, 0) is 16.1 Å². The molecule has 1 aromatic carbocycles. The zero-order chi connectivity index (χ0) is 21.4. The molecule has 0 atom stereocenters. The number of carbonyl (C=O) groups is 2. The fourth-order valence-corrected chi connectivity index (χ4v) is 3.45. The van der Waals surface area contributed by atoms with Crippen LogP contribution < -0.4 is 10.6 Å². The van der Waals surface area contributed by atoms with Crippen LogP contribution in [0.5, 0.6) is 0 Å². The molecule has 1 aliphatic rings. The number of aromatic nitrogens is 3. The van der Waals surface area contributed by atoms with E-state index in [2.05, 4.69) is 20.7 Å². The average molecular weight is 413 g/mol. The summed E-state index contributed by atoms with van der Waals surface area (Å²) < 4.78 is 28.7. The number of benzene rings is 1. The maximum absolute atomic E-state index is 13.6. The standard InChI is InChI=1S/C21H21F2N5O2/c1-11-19-16(20(22)23)9-17(13-3-4-13)26-21(19)28(27-11)10-18(30)25-15-7-5-14(6-8-15)24-12(2)29/h5-9,13,20H,3-4,10H2,1-2H3,(H,24,29)(H,25,30). The summed E-state index contributed by atoms with van der Waals surface area (Å²) in [7, 11) is 0. The predicted molar refractivity (Wildman–Crippen MR) is 109 cm³/mol. The van der Waals surface area contributed by atoms with Crippen molar-refractivity contribution in [1.82, 2.24) is 14.8 Å². The maximum Gasteiger partial charge on any atom is 0.264 e. The molecule has 7 nitrogen and oxygen atoms in total. The third-order valence-electron chi connectivity index (χ3n) is 4.94. The molecule has 30 heavy (non-hydrogen) atoms. The first-order valence-electron chi connectivity index (χ1n) is 9.65. The molecule has 1 aliphatic carbocycles. The number of rotatable bonds is 6. The van der Waals surface area contributed by atoms with Gasteiger partial charge in [0, 0.05) is 35.5 Å². The highest BCUT2D eigenvalue weighted by Gasteiger charge is 2.29. The summed E-state index contributed by atoms with van der Waals surface area (Å²) in [5, 5.41) is 9.99. The Labute approximate surface area is 171 Å². The Kier molecular flexibility index (Phi) is 5.19. The van der Waals surface area contributed by atoms with E-state index in [1.54, 1.807) is 31.2 Å². The largest absolute Gasteiger partial charge is 0.326 e. The van der Waals surface area contributed by atoms with Gasteiger partial charge in [-0.05, 0) is 50.1 Å². The lowest BCUT2D eigenvalue weighted by molar-refractivity contribution is -0.117. The molecule has 0 bridgehead atoms. The quantitative estimate of drug-likeness (QED) is 0.635. The van der Waals surface area contributed by atoms with Crippen molar-refractivity contribution in [2.45, 2.75) is 45.6 Å². The molecule has 2 amide bonds. The molecule has 156 valence electrons. The number of alkyl halides is 2. The van der Waals surface area contributed by atoms with Crippen molar-refractivity contribution in [3.63, 3.8) is 0 Å². The summed E-state index contributed by atoms with van der Waals surface area (Å²) in [6.07, 6.45) is -0.771. The van der Waals surface area contributed by atoms with E-state index in [4.69, 9.17) is 0 Å². The summed E-state index contributed by atoms with van der Waals surface area (Å²) in [6, 6.07) is 8.13. The highest BCUT2D eigenvalue weighted by Crippen LogP contribution is 2.41. The van der Waals surface area contributed by atoms with Gasteiger partial charge < -0.3 is 10.6 Å². The number of fused-ring (bicyclic) bond motifs is 1. The van der Waals surface area contributed by atoms with E-state index in [0.29, 0.717) is 33.8 Å². The number of carbonyl (C=O) groups excluding carboxylic acids is 2. The molecule has 1 fully saturated rings. The molecule has 2 aromatic heterocycles. The molecule has 0 saturated heterocycles. The number of anilines is 2. The molecule has 3 aromatic rings. The van der Waals surface area contributed by atoms with Crippen molar-refractivity contribution in [2.75, 3.05) is 10.6 Å². The van der Waals surface area contributed by atoms with Gasteiger partial charge in [0.05, 0.1) is 11.1 Å². The molecule has 0 aliphatic heterocycles. The maximum atomic E-state index is 13.6. The molecule has 2 N–H and O–H groups in total. The zero-order valence-electron chi connectivity index (χ0n) is 16.6. The van der Waals surface area contributed by atoms with E-state index in [1.165, 1.54) is 17.7 Å². The summed E-state index contributed by atoms with van der Waals surface area (Å²) in [5.74, 6) is -0.343. The Bertz CT molecular complexity index is 1120. The lowest BCUT2D eigenvalue weighted by Crippen LogP contribution is -2.20. The van der Waals surface area contributed by atoms with Gasteiger partial charge in [-0.25, -0.2) is 18.4 Å². The topological polar surface area (TPSA) is 88.9 Å². The third kappa shape index (κ3) is 4.14. The van der Waals surface area contributed by atoms with Crippen LogP contribution in [0.1, 0.15) is 49.1 Å². The minimum Gasteiger partial charge on any atom is -0.326 e. The third-order valence-corrected chi connectivity index (χ3v) is 4.94. The van der Waals surface area contributed by atoms with Crippen LogP contribution in [0.15, 0.2) is 30.3 Å². The molecule has 1 saturated carbocycles. The average Bonchev–Trinajstić information content (AvgIpc) is 3.48. The first-order valence-corrected chi connectivity index (χ1v) is 9.65. The van der Waals surface area contributed by atoms with Crippen LogP contribution >= 0.6 is 0 Å². The fraction of sp³-hybridized carbons (Fsp3) is 0.333. The normalized spacial score (nSPS) is 13.6. The van der Waals surface area contributed by atoms with Gasteiger partial charge in [0.15, 0.2) is 5.65 Å². The van der Waals surface area contributed by atoms with Crippen LogP contribution in [-0.4, -0.2) is 26.6 Å². The van der Waals surface area contributed by atoms with Crippen molar-refractivity contribution in [1.29, 1.82) is 0 Å². The van der Waals surface area contributed by atoms with Crippen LogP contribution in [0, 0.1) is 6.92 Å². The molecule has 9 heteroatoms. The van der Waals surface area contributed by atoms with Crippen molar-refractivity contribution < 1.29 is 18.4 Å². The Balaban J connectivity index is 1.57. The molecule has 0 unspecified atom stereocenters. The Morgan fingerprint density at radius 3 is 2.37 bits per heavy atom. The zero-order valence-corrected chi connectivity index (χ0v) is 16.6. The summed E-state index contributed by atoms with van der Waals surface area (Å²) in [5.41, 5.74) is 2.44. The van der Waals surface area contributed by atoms with E-state index in [1.807, 2.05) is 0 Å². The molecule has 0 radical (unpaired) electrons. The second kappa shape index (κ2) is 7.81. The van der Waals surface area contributed by atoms with Crippen LogP contribution in [0.2, 0.25) is 0 Å². The Morgan fingerprint density at radius 2 is 1.80 bits per heavy atom. The number of hydrogen-bond donors (Lipinski definition) is 2. The van der Waals surface area contributed by atoms with Crippen molar-refractivity contribution in [3.05, 3.63) is 47.3 Å². The van der Waals surface area contributed by atoms with Crippen LogP contribution in [0.3, 0.4) is 0 Å². The number of pyridine rings is 1.